The summed E-state index contributed by atoms with van der Waals surface area (Å²) in [6.45, 7) is 0. The summed E-state index contributed by atoms with van der Waals surface area (Å²) in [5, 5.41) is 0. The Labute approximate surface area is 125 Å². The summed E-state index contributed by atoms with van der Waals surface area (Å²) in [5.74, 6) is 0. The standard InChI is InChI=1S/C15H11N3.Zn/c1-3-9-16-13(7-1)12-6-5-11-18-15(12)14-8-2-4-10-17-14;/h1-11H;/i2D;. The fourth-order valence-corrected chi connectivity index (χ4v) is 1.79. The second kappa shape index (κ2) is 6.30. The summed E-state index contributed by atoms with van der Waals surface area (Å²) in [6, 6.07) is 13.4. The minimum atomic E-state index is 0. The Morgan fingerprint density at radius 3 is 2.32 bits per heavy atom. The molecule has 0 aliphatic carbocycles. The molecular weight excluding hydrogens is 288 g/mol. The fraction of sp³-hybridized carbons (Fsp3) is 0. The van der Waals surface area contributed by atoms with Gasteiger partial charge < -0.3 is 0 Å². The first-order chi connectivity index (χ1) is 9.34. The van der Waals surface area contributed by atoms with Crippen LogP contribution >= 0.6 is 0 Å². The van der Waals surface area contributed by atoms with Gasteiger partial charge in [0.25, 0.3) is 0 Å². The van der Waals surface area contributed by atoms with Crippen molar-refractivity contribution in [2.45, 2.75) is 0 Å². The van der Waals surface area contributed by atoms with Crippen molar-refractivity contribution in [3.8, 4) is 22.6 Å². The summed E-state index contributed by atoms with van der Waals surface area (Å²) >= 11 is 0. The van der Waals surface area contributed by atoms with Crippen LogP contribution in [0.4, 0.5) is 0 Å². The molecule has 19 heavy (non-hydrogen) atoms. The van der Waals surface area contributed by atoms with Crippen LogP contribution in [0.15, 0.2) is 67.1 Å². The van der Waals surface area contributed by atoms with E-state index < -0.39 is 0 Å². The second-order valence-electron chi connectivity index (χ2n) is 3.76. The van der Waals surface area contributed by atoms with Crippen LogP contribution in [0.5, 0.6) is 0 Å². The molecule has 3 aromatic heterocycles. The third kappa shape index (κ3) is 2.91. The first-order valence-corrected chi connectivity index (χ1v) is 5.64. The molecule has 0 unspecified atom stereocenters. The van der Waals surface area contributed by atoms with Gasteiger partial charge in [-0.3, -0.25) is 15.0 Å². The largest absolute Gasteiger partial charge is 0.256 e. The van der Waals surface area contributed by atoms with Crippen LogP contribution in [0.2, 0.25) is 0 Å². The summed E-state index contributed by atoms with van der Waals surface area (Å²) in [5.41, 5.74) is 3.20. The molecule has 0 spiro atoms. The smallest absolute Gasteiger partial charge is 0.0980 e. The Morgan fingerprint density at radius 2 is 1.53 bits per heavy atom. The van der Waals surface area contributed by atoms with Gasteiger partial charge in [0.1, 0.15) is 0 Å². The molecule has 3 aromatic rings. The zero-order chi connectivity index (χ0) is 13.1. The van der Waals surface area contributed by atoms with Crippen molar-refractivity contribution >= 4 is 0 Å². The van der Waals surface area contributed by atoms with Crippen molar-refractivity contribution in [1.82, 2.24) is 15.0 Å². The van der Waals surface area contributed by atoms with Gasteiger partial charge in [-0.1, -0.05) is 12.1 Å². The van der Waals surface area contributed by atoms with Crippen molar-refractivity contribution in [3.05, 3.63) is 67.1 Å². The maximum absolute atomic E-state index is 7.68. The van der Waals surface area contributed by atoms with E-state index in [1.54, 1.807) is 30.7 Å². The molecule has 0 bridgehead atoms. The molecule has 4 heteroatoms. The van der Waals surface area contributed by atoms with Crippen molar-refractivity contribution in [2.75, 3.05) is 0 Å². The maximum atomic E-state index is 7.68. The van der Waals surface area contributed by atoms with Gasteiger partial charge in [0, 0.05) is 43.6 Å². The van der Waals surface area contributed by atoms with Gasteiger partial charge in [-0.2, -0.15) is 0 Å². The van der Waals surface area contributed by atoms with Crippen LogP contribution in [0, 0.1) is 0 Å². The van der Waals surface area contributed by atoms with E-state index in [9.17, 15) is 0 Å². The maximum Gasteiger partial charge on any atom is 0.0980 e. The SMILES string of the molecule is [2H]c1ccnc(-c2ncccc2-c2ccccn2)c1.[Zn]. The van der Waals surface area contributed by atoms with Crippen LogP contribution < -0.4 is 0 Å². The van der Waals surface area contributed by atoms with Crippen LogP contribution in [0.3, 0.4) is 0 Å². The van der Waals surface area contributed by atoms with Gasteiger partial charge in [-0.15, -0.1) is 0 Å². The predicted octanol–water partition coefficient (Wildman–Crippen LogP) is 3.20. The van der Waals surface area contributed by atoms with E-state index in [-0.39, 0.29) is 19.5 Å². The number of pyridine rings is 3. The first-order valence-electron chi connectivity index (χ1n) is 6.14. The summed E-state index contributed by atoms with van der Waals surface area (Å²) < 4.78 is 7.68. The van der Waals surface area contributed by atoms with Crippen LogP contribution in [-0.4, -0.2) is 15.0 Å². The molecule has 0 aromatic carbocycles. The molecule has 0 atom stereocenters. The van der Waals surface area contributed by atoms with E-state index in [1.807, 2.05) is 30.3 Å². The van der Waals surface area contributed by atoms with Gasteiger partial charge in [0.05, 0.1) is 18.5 Å². The molecule has 0 N–H and O–H groups in total. The van der Waals surface area contributed by atoms with Gasteiger partial charge in [0.2, 0.25) is 0 Å². The molecule has 0 aliphatic rings. The number of aromatic nitrogens is 3. The van der Waals surface area contributed by atoms with E-state index in [0.29, 0.717) is 11.7 Å². The molecular formula is C15H11N3Zn. The Balaban J connectivity index is 0.00000147. The van der Waals surface area contributed by atoms with Gasteiger partial charge in [-0.25, -0.2) is 0 Å². The third-order valence-electron chi connectivity index (χ3n) is 2.60. The van der Waals surface area contributed by atoms with Crippen molar-refractivity contribution < 1.29 is 20.8 Å². The average molecular weight is 300 g/mol. The molecule has 0 aliphatic heterocycles. The molecule has 3 nitrogen and oxygen atoms in total. The van der Waals surface area contributed by atoms with E-state index in [4.69, 9.17) is 1.37 Å². The topological polar surface area (TPSA) is 38.7 Å². The van der Waals surface area contributed by atoms with E-state index >= 15 is 0 Å². The Morgan fingerprint density at radius 1 is 0.737 bits per heavy atom. The molecule has 0 fully saturated rings. The molecule has 0 radical (unpaired) electrons. The number of hydrogen-bond acceptors (Lipinski definition) is 3. The molecule has 3 rings (SSSR count). The first kappa shape index (κ1) is 12.1. The minimum Gasteiger partial charge on any atom is -0.256 e. The zero-order valence-corrected chi connectivity index (χ0v) is 13.3. The number of hydrogen-bond donors (Lipinski definition) is 0. The molecule has 0 amide bonds. The Kier molecular flexibility index (Phi) is 4.02. The minimum absolute atomic E-state index is 0. The number of nitrogens with zero attached hydrogens (tertiary/aromatic N) is 3. The van der Waals surface area contributed by atoms with Crippen LogP contribution in [0.25, 0.3) is 22.6 Å². The third-order valence-corrected chi connectivity index (χ3v) is 2.60. The Bertz CT molecular complexity index is 704. The molecule has 0 saturated carbocycles. The summed E-state index contributed by atoms with van der Waals surface area (Å²) in [6.07, 6.45) is 5.09. The number of rotatable bonds is 2. The van der Waals surface area contributed by atoms with Crippen molar-refractivity contribution in [3.63, 3.8) is 0 Å². The molecule has 0 saturated heterocycles. The molecule has 88 valence electrons. The quantitative estimate of drug-likeness (QED) is 0.682. The predicted molar refractivity (Wildman–Crippen MR) is 70.7 cm³/mol. The summed E-state index contributed by atoms with van der Waals surface area (Å²) in [4.78, 5) is 13.0. The van der Waals surface area contributed by atoms with Crippen molar-refractivity contribution in [1.29, 1.82) is 0 Å². The zero-order valence-electron chi connectivity index (χ0n) is 11.3. The van der Waals surface area contributed by atoms with E-state index in [1.165, 1.54) is 0 Å². The van der Waals surface area contributed by atoms with Crippen LogP contribution in [0.1, 0.15) is 1.37 Å². The van der Waals surface area contributed by atoms with Gasteiger partial charge in [-0.05, 0) is 36.4 Å². The Hall–Kier alpha value is -1.93. The monoisotopic (exact) mass is 298 g/mol. The van der Waals surface area contributed by atoms with E-state index in [2.05, 4.69) is 15.0 Å². The normalized spacial score (nSPS) is 10.4. The van der Waals surface area contributed by atoms with Crippen molar-refractivity contribution in [2.24, 2.45) is 0 Å². The molecule has 3 heterocycles. The van der Waals surface area contributed by atoms with E-state index in [0.717, 1.165) is 17.0 Å². The summed E-state index contributed by atoms with van der Waals surface area (Å²) in [7, 11) is 0. The van der Waals surface area contributed by atoms with Crippen LogP contribution in [-0.2, 0) is 19.5 Å². The second-order valence-corrected chi connectivity index (χ2v) is 3.76. The van der Waals surface area contributed by atoms with Gasteiger partial charge in [0.15, 0.2) is 0 Å². The fourth-order valence-electron chi connectivity index (χ4n) is 1.79. The average Bonchev–Trinajstić information content (AvgIpc) is 2.48. The van der Waals surface area contributed by atoms with Gasteiger partial charge >= 0.3 is 0 Å².